The number of nitrogens with zero attached hydrogens (tertiary/aromatic N) is 1. The Kier molecular flexibility index (Phi) is 3.66. The molecule has 1 N–H and O–H groups in total. The number of rotatable bonds is 3. The molecule has 108 valence electrons. The van der Waals surface area contributed by atoms with E-state index in [9.17, 15) is 9.59 Å². The number of ketones is 1. The van der Waals surface area contributed by atoms with Gasteiger partial charge < -0.3 is 5.32 Å². The van der Waals surface area contributed by atoms with Crippen LogP contribution in [-0.4, -0.2) is 16.7 Å². The number of amides is 1. The zero-order chi connectivity index (χ0) is 15.5. The third-order valence-electron chi connectivity index (χ3n) is 3.40. The van der Waals surface area contributed by atoms with E-state index in [1.165, 1.54) is 6.92 Å². The minimum Gasteiger partial charge on any atom is -0.322 e. The van der Waals surface area contributed by atoms with Gasteiger partial charge in [-0.05, 0) is 43.3 Å². The molecule has 0 saturated carbocycles. The molecule has 0 radical (unpaired) electrons. The van der Waals surface area contributed by atoms with E-state index in [0.29, 0.717) is 16.8 Å². The Hall–Kier alpha value is -3.01. The van der Waals surface area contributed by atoms with Gasteiger partial charge in [-0.3, -0.25) is 14.6 Å². The van der Waals surface area contributed by atoms with Crippen LogP contribution in [0.25, 0.3) is 10.9 Å². The van der Waals surface area contributed by atoms with E-state index < -0.39 is 0 Å². The van der Waals surface area contributed by atoms with Crippen molar-refractivity contribution >= 4 is 28.3 Å². The summed E-state index contributed by atoms with van der Waals surface area (Å²) < 4.78 is 0. The summed E-state index contributed by atoms with van der Waals surface area (Å²) in [4.78, 5) is 27.8. The van der Waals surface area contributed by atoms with Gasteiger partial charge in [-0.15, -0.1) is 0 Å². The molecule has 0 bridgehead atoms. The third-order valence-corrected chi connectivity index (χ3v) is 3.40. The standard InChI is InChI=1S/C18H14N2O2/c1-12(21)13-6-8-16(9-7-13)20-18(22)15-10-14-4-2-3-5-17(14)19-11-15/h2-11H,1H3,(H,20,22). The van der Waals surface area contributed by atoms with Crippen molar-refractivity contribution in [1.82, 2.24) is 4.98 Å². The fraction of sp³-hybridized carbons (Fsp3) is 0.0556. The van der Waals surface area contributed by atoms with Gasteiger partial charge in [0.25, 0.3) is 5.91 Å². The number of para-hydroxylation sites is 1. The fourth-order valence-corrected chi connectivity index (χ4v) is 2.19. The van der Waals surface area contributed by atoms with Crippen molar-refractivity contribution in [3.05, 3.63) is 71.9 Å². The molecule has 0 aliphatic carbocycles. The lowest BCUT2D eigenvalue weighted by Gasteiger charge is -2.06. The Morgan fingerprint density at radius 2 is 1.68 bits per heavy atom. The van der Waals surface area contributed by atoms with E-state index in [1.54, 1.807) is 30.5 Å². The molecule has 0 saturated heterocycles. The highest BCUT2D eigenvalue weighted by Gasteiger charge is 2.08. The topological polar surface area (TPSA) is 59.1 Å². The predicted octanol–water partition coefficient (Wildman–Crippen LogP) is 3.69. The number of nitrogens with one attached hydrogen (secondary N) is 1. The predicted molar refractivity (Wildman–Crippen MR) is 86.1 cm³/mol. The first-order chi connectivity index (χ1) is 10.6. The summed E-state index contributed by atoms with van der Waals surface area (Å²) in [7, 11) is 0. The summed E-state index contributed by atoms with van der Waals surface area (Å²) in [5.41, 5.74) is 2.60. The molecule has 1 aromatic heterocycles. The average Bonchev–Trinajstić information content (AvgIpc) is 2.55. The van der Waals surface area contributed by atoms with Gasteiger partial charge in [-0.2, -0.15) is 0 Å². The molecule has 0 aliphatic heterocycles. The minimum absolute atomic E-state index is 0.00314. The molecular weight excluding hydrogens is 276 g/mol. The number of benzene rings is 2. The van der Waals surface area contributed by atoms with Crippen LogP contribution in [0.3, 0.4) is 0 Å². The fourth-order valence-electron chi connectivity index (χ4n) is 2.19. The minimum atomic E-state index is -0.228. The normalized spacial score (nSPS) is 10.4. The molecule has 4 nitrogen and oxygen atoms in total. The van der Waals surface area contributed by atoms with Gasteiger partial charge in [0.1, 0.15) is 0 Å². The molecule has 4 heteroatoms. The number of anilines is 1. The number of carbonyl (C=O) groups is 2. The molecule has 0 spiro atoms. The molecule has 1 amide bonds. The van der Waals surface area contributed by atoms with Crippen LogP contribution >= 0.6 is 0 Å². The maximum absolute atomic E-state index is 12.3. The van der Waals surface area contributed by atoms with Crippen molar-refractivity contribution in [3.8, 4) is 0 Å². The van der Waals surface area contributed by atoms with Crippen LogP contribution in [0, 0.1) is 0 Å². The van der Waals surface area contributed by atoms with Crippen LogP contribution in [0.15, 0.2) is 60.8 Å². The Bertz CT molecular complexity index is 854. The van der Waals surface area contributed by atoms with Crippen molar-refractivity contribution < 1.29 is 9.59 Å². The quantitative estimate of drug-likeness (QED) is 0.748. The summed E-state index contributed by atoms with van der Waals surface area (Å²) >= 11 is 0. The van der Waals surface area contributed by atoms with Crippen molar-refractivity contribution in [2.24, 2.45) is 0 Å². The number of aromatic nitrogens is 1. The lowest BCUT2D eigenvalue weighted by molar-refractivity contribution is 0.101. The number of Topliss-reactive ketones (excluding diaryl/α,β-unsaturated/α-hetero) is 1. The maximum Gasteiger partial charge on any atom is 0.257 e. The van der Waals surface area contributed by atoms with Crippen LogP contribution in [0.1, 0.15) is 27.6 Å². The van der Waals surface area contributed by atoms with E-state index in [4.69, 9.17) is 0 Å². The van der Waals surface area contributed by atoms with Gasteiger partial charge >= 0.3 is 0 Å². The zero-order valence-corrected chi connectivity index (χ0v) is 12.0. The van der Waals surface area contributed by atoms with Gasteiger partial charge in [0, 0.05) is 22.8 Å². The molecule has 0 atom stereocenters. The molecule has 2 aromatic carbocycles. The second kappa shape index (κ2) is 5.77. The van der Waals surface area contributed by atoms with Crippen LogP contribution in [-0.2, 0) is 0 Å². The van der Waals surface area contributed by atoms with E-state index >= 15 is 0 Å². The van der Waals surface area contributed by atoms with Gasteiger partial charge in [-0.1, -0.05) is 18.2 Å². The first-order valence-electron chi connectivity index (χ1n) is 6.90. The summed E-state index contributed by atoms with van der Waals surface area (Å²) in [5.74, 6) is -0.231. The summed E-state index contributed by atoms with van der Waals surface area (Å²) in [5, 5.41) is 3.72. The third kappa shape index (κ3) is 2.86. The molecule has 1 heterocycles. The smallest absolute Gasteiger partial charge is 0.257 e. The molecule has 3 rings (SSSR count). The Labute approximate surface area is 127 Å². The number of pyridine rings is 1. The summed E-state index contributed by atoms with van der Waals surface area (Å²) in [6.07, 6.45) is 1.56. The molecule has 0 unspecified atom stereocenters. The van der Waals surface area contributed by atoms with E-state index in [2.05, 4.69) is 10.3 Å². The Morgan fingerprint density at radius 3 is 2.41 bits per heavy atom. The molecule has 3 aromatic rings. The van der Waals surface area contributed by atoms with Crippen LogP contribution in [0.4, 0.5) is 5.69 Å². The van der Waals surface area contributed by atoms with Gasteiger partial charge in [-0.25, -0.2) is 0 Å². The van der Waals surface area contributed by atoms with Gasteiger partial charge in [0.2, 0.25) is 0 Å². The van der Waals surface area contributed by atoms with Crippen molar-refractivity contribution in [3.63, 3.8) is 0 Å². The second-order valence-electron chi connectivity index (χ2n) is 5.00. The summed E-state index contributed by atoms with van der Waals surface area (Å²) in [6, 6.07) is 16.2. The van der Waals surface area contributed by atoms with Crippen molar-refractivity contribution in [2.45, 2.75) is 6.92 Å². The molecule has 22 heavy (non-hydrogen) atoms. The first kappa shape index (κ1) is 13.9. The number of fused-ring (bicyclic) bond motifs is 1. The maximum atomic E-state index is 12.3. The van der Waals surface area contributed by atoms with Crippen LogP contribution in [0.5, 0.6) is 0 Å². The van der Waals surface area contributed by atoms with Gasteiger partial charge in [0.15, 0.2) is 5.78 Å². The van der Waals surface area contributed by atoms with Gasteiger partial charge in [0.05, 0.1) is 11.1 Å². The molecule has 0 fully saturated rings. The highest BCUT2D eigenvalue weighted by molar-refractivity contribution is 6.06. The Morgan fingerprint density at radius 1 is 0.955 bits per heavy atom. The van der Waals surface area contributed by atoms with E-state index in [1.807, 2.05) is 30.3 Å². The lowest BCUT2D eigenvalue weighted by Crippen LogP contribution is -2.12. The molecular formula is C18H14N2O2. The Balaban J connectivity index is 1.81. The van der Waals surface area contributed by atoms with E-state index in [-0.39, 0.29) is 11.7 Å². The summed E-state index contributed by atoms with van der Waals surface area (Å²) in [6.45, 7) is 1.51. The average molecular weight is 290 g/mol. The first-order valence-corrected chi connectivity index (χ1v) is 6.90. The zero-order valence-electron chi connectivity index (χ0n) is 12.0. The second-order valence-corrected chi connectivity index (χ2v) is 5.00. The molecule has 0 aliphatic rings. The van der Waals surface area contributed by atoms with E-state index in [0.717, 1.165) is 10.9 Å². The van der Waals surface area contributed by atoms with Crippen LogP contribution in [0.2, 0.25) is 0 Å². The SMILES string of the molecule is CC(=O)c1ccc(NC(=O)c2cnc3ccccc3c2)cc1. The largest absolute Gasteiger partial charge is 0.322 e. The number of carbonyl (C=O) groups excluding carboxylic acids is 2. The van der Waals surface area contributed by atoms with Crippen molar-refractivity contribution in [2.75, 3.05) is 5.32 Å². The number of hydrogen-bond acceptors (Lipinski definition) is 3. The monoisotopic (exact) mass is 290 g/mol. The van der Waals surface area contributed by atoms with Crippen molar-refractivity contribution in [1.29, 1.82) is 0 Å². The van der Waals surface area contributed by atoms with Crippen LogP contribution < -0.4 is 5.32 Å². The highest BCUT2D eigenvalue weighted by Crippen LogP contribution is 2.15. The highest BCUT2D eigenvalue weighted by atomic mass is 16.1. The lowest BCUT2D eigenvalue weighted by atomic mass is 10.1. The number of hydrogen-bond donors (Lipinski definition) is 1.